The number of nitrogens with one attached hydrogen (secondary N) is 1. The minimum atomic E-state index is -3.36. The number of rotatable bonds is 4. The average molecular weight is 419 g/mol. The summed E-state index contributed by atoms with van der Waals surface area (Å²) in [5, 5.41) is 6.93. The number of anilines is 1. The molecule has 2 aromatic carbocycles. The fraction of sp³-hybridized carbons (Fsp3) is 0.158. The van der Waals surface area contributed by atoms with Gasteiger partial charge in [-0.2, -0.15) is 5.10 Å². The Labute approximate surface area is 164 Å². The van der Waals surface area contributed by atoms with Gasteiger partial charge in [-0.05, 0) is 42.5 Å². The summed E-state index contributed by atoms with van der Waals surface area (Å²) in [6, 6.07) is 9.54. The van der Waals surface area contributed by atoms with Crippen molar-refractivity contribution in [3.05, 3.63) is 70.9 Å². The minimum Gasteiger partial charge on any atom is -0.497 e. The zero-order valence-corrected chi connectivity index (χ0v) is 16.0. The standard InChI is InChI=1S/C19H15F2N3O4S/c1-28-13-5-3-12(4-6-13)24-18(14-9-29(26,27)10-17(14)23-24)22-19(25)11-2-7-15(20)16(21)8-11/h2-8H,9-10H2,1H3,(H,22,25). The number of fused-ring (bicyclic) bond motifs is 1. The molecule has 0 radical (unpaired) electrons. The Morgan fingerprint density at radius 2 is 1.83 bits per heavy atom. The van der Waals surface area contributed by atoms with E-state index in [-0.39, 0.29) is 22.9 Å². The lowest BCUT2D eigenvalue weighted by Gasteiger charge is -2.12. The molecular weight excluding hydrogens is 404 g/mol. The topological polar surface area (TPSA) is 90.3 Å². The third kappa shape index (κ3) is 3.58. The monoisotopic (exact) mass is 419 g/mol. The number of sulfone groups is 1. The summed E-state index contributed by atoms with van der Waals surface area (Å²) < 4.78 is 57.2. The summed E-state index contributed by atoms with van der Waals surface area (Å²) >= 11 is 0. The lowest BCUT2D eigenvalue weighted by atomic mass is 10.2. The molecule has 3 aromatic rings. The van der Waals surface area contributed by atoms with Crippen LogP contribution in [0.25, 0.3) is 5.69 Å². The van der Waals surface area contributed by atoms with Crippen molar-refractivity contribution >= 4 is 21.6 Å². The van der Waals surface area contributed by atoms with Crippen LogP contribution >= 0.6 is 0 Å². The van der Waals surface area contributed by atoms with Crippen LogP contribution in [0.5, 0.6) is 5.75 Å². The van der Waals surface area contributed by atoms with Gasteiger partial charge in [0.2, 0.25) is 0 Å². The third-order valence-corrected chi connectivity index (χ3v) is 5.96. The van der Waals surface area contributed by atoms with Gasteiger partial charge in [0.15, 0.2) is 21.5 Å². The number of carbonyl (C=O) groups is 1. The van der Waals surface area contributed by atoms with E-state index < -0.39 is 27.4 Å². The van der Waals surface area contributed by atoms with Crippen molar-refractivity contribution in [3.8, 4) is 11.4 Å². The highest BCUT2D eigenvalue weighted by Crippen LogP contribution is 2.33. The molecule has 0 unspecified atom stereocenters. The zero-order chi connectivity index (χ0) is 20.8. The van der Waals surface area contributed by atoms with Crippen molar-refractivity contribution in [1.29, 1.82) is 0 Å². The number of aromatic nitrogens is 2. The van der Waals surface area contributed by atoms with Crippen LogP contribution < -0.4 is 10.1 Å². The molecule has 0 spiro atoms. The second kappa shape index (κ2) is 6.96. The number of hydrogen-bond donors (Lipinski definition) is 1. The summed E-state index contributed by atoms with van der Waals surface area (Å²) in [6.07, 6.45) is 0. The van der Waals surface area contributed by atoms with Crippen LogP contribution in [-0.2, 0) is 21.3 Å². The molecule has 1 N–H and O–H groups in total. The SMILES string of the molecule is COc1ccc(-n2nc3c(c2NC(=O)c2ccc(F)c(F)c2)CS(=O)(=O)C3)cc1. The molecule has 1 aromatic heterocycles. The van der Waals surface area contributed by atoms with E-state index in [9.17, 15) is 22.0 Å². The average Bonchev–Trinajstić information content (AvgIpc) is 3.16. The van der Waals surface area contributed by atoms with Gasteiger partial charge in [0.25, 0.3) is 5.91 Å². The van der Waals surface area contributed by atoms with Gasteiger partial charge in [0.1, 0.15) is 11.6 Å². The van der Waals surface area contributed by atoms with Crippen LogP contribution in [0.3, 0.4) is 0 Å². The molecule has 0 bridgehead atoms. The minimum absolute atomic E-state index is 0.110. The van der Waals surface area contributed by atoms with E-state index in [4.69, 9.17) is 4.74 Å². The van der Waals surface area contributed by atoms with Gasteiger partial charge in [-0.25, -0.2) is 21.9 Å². The summed E-state index contributed by atoms with van der Waals surface area (Å²) in [7, 11) is -1.84. The van der Waals surface area contributed by atoms with Gasteiger partial charge in [0.05, 0.1) is 30.0 Å². The molecular formula is C19H15F2N3O4S. The highest BCUT2D eigenvalue weighted by atomic mass is 32.2. The molecule has 1 aliphatic heterocycles. The maximum atomic E-state index is 13.5. The Morgan fingerprint density at radius 3 is 2.48 bits per heavy atom. The summed E-state index contributed by atoms with van der Waals surface area (Å²) in [6.45, 7) is 0. The number of halogens is 2. The van der Waals surface area contributed by atoms with E-state index in [1.54, 1.807) is 24.3 Å². The van der Waals surface area contributed by atoms with Crippen LogP contribution in [0.2, 0.25) is 0 Å². The first-order chi connectivity index (χ1) is 13.8. The fourth-order valence-corrected chi connectivity index (χ4v) is 4.59. The number of amides is 1. The molecule has 0 saturated heterocycles. The van der Waals surface area contributed by atoms with Gasteiger partial charge in [-0.3, -0.25) is 4.79 Å². The molecule has 1 aliphatic rings. The summed E-state index contributed by atoms with van der Waals surface area (Å²) in [5.41, 5.74) is 1.16. The Morgan fingerprint density at radius 1 is 1.10 bits per heavy atom. The summed E-state index contributed by atoms with van der Waals surface area (Å²) in [5.74, 6) is -2.67. The summed E-state index contributed by atoms with van der Waals surface area (Å²) in [4.78, 5) is 12.6. The van der Waals surface area contributed by atoms with Crippen molar-refractivity contribution in [3.63, 3.8) is 0 Å². The number of carbonyl (C=O) groups excluding carboxylic acids is 1. The number of benzene rings is 2. The molecule has 2 heterocycles. The lowest BCUT2D eigenvalue weighted by molar-refractivity contribution is 0.102. The maximum absolute atomic E-state index is 13.5. The Kier molecular flexibility index (Phi) is 4.58. The Balaban J connectivity index is 1.76. The zero-order valence-electron chi connectivity index (χ0n) is 15.1. The third-order valence-electron chi connectivity index (χ3n) is 4.52. The van der Waals surface area contributed by atoms with Crippen LogP contribution in [-0.4, -0.2) is 31.2 Å². The number of methoxy groups -OCH3 is 1. The second-order valence-electron chi connectivity index (χ2n) is 6.50. The van der Waals surface area contributed by atoms with E-state index in [1.807, 2.05) is 0 Å². The predicted octanol–water partition coefficient (Wildman–Crippen LogP) is 2.84. The van der Waals surface area contributed by atoms with Crippen molar-refractivity contribution in [2.75, 3.05) is 12.4 Å². The first kappa shape index (κ1) is 19.1. The molecule has 1 amide bonds. The number of ether oxygens (including phenoxy) is 1. The maximum Gasteiger partial charge on any atom is 0.256 e. The second-order valence-corrected chi connectivity index (χ2v) is 8.56. The van der Waals surface area contributed by atoms with Crippen LogP contribution in [0.1, 0.15) is 21.6 Å². The van der Waals surface area contributed by atoms with Crippen LogP contribution in [0, 0.1) is 11.6 Å². The van der Waals surface area contributed by atoms with E-state index in [0.29, 0.717) is 22.7 Å². The van der Waals surface area contributed by atoms with Gasteiger partial charge in [-0.1, -0.05) is 0 Å². The van der Waals surface area contributed by atoms with Crippen molar-refractivity contribution in [2.45, 2.75) is 11.5 Å². The van der Waals surface area contributed by atoms with Crippen molar-refractivity contribution in [2.24, 2.45) is 0 Å². The van der Waals surface area contributed by atoms with Gasteiger partial charge in [-0.15, -0.1) is 0 Å². The molecule has 0 fully saturated rings. The van der Waals surface area contributed by atoms with E-state index >= 15 is 0 Å². The van der Waals surface area contributed by atoms with Crippen LogP contribution in [0.15, 0.2) is 42.5 Å². The first-order valence-corrected chi connectivity index (χ1v) is 10.3. The number of hydrogen-bond acceptors (Lipinski definition) is 5. The Hall–Kier alpha value is -3.27. The molecule has 29 heavy (non-hydrogen) atoms. The predicted molar refractivity (Wildman–Crippen MR) is 101 cm³/mol. The highest BCUT2D eigenvalue weighted by Gasteiger charge is 2.33. The molecule has 4 rings (SSSR count). The molecule has 150 valence electrons. The quantitative estimate of drug-likeness (QED) is 0.702. The van der Waals surface area contributed by atoms with Crippen LogP contribution in [0.4, 0.5) is 14.6 Å². The smallest absolute Gasteiger partial charge is 0.256 e. The van der Waals surface area contributed by atoms with Crippen molar-refractivity contribution < 1.29 is 26.7 Å². The van der Waals surface area contributed by atoms with E-state index in [1.165, 1.54) is 11.8 Å². The van der Waals surface area contributed by atoms with E-state index in [0.717, 1.165) is 18.2 Å². The normalized spacial score (nSPS) is 14.4. The Bertz CT molecular complexity index is 1220. The number of nitrogens with zero attached hydrogens (tertiary/aromatic N) is 2. The van der Waals surface area contributed by atoms with Crippen molar-refractivity contribution in [1.82, 2.24) is 9.78 Å². The molecule has 0 saturated carbocycles. The van der Waals surface area contributed by atoms with E-state index in [2.05, 4.69) is 10.4 Å². The van der Waals surface area contributed by atoms with Gasteiger partial charge < -0.3 is 10.1 Å². The lowest BCUT2D eigenvalue weighted by Crippen LogP contribution is -2.17. The molecule has 0 atom stereocenters. The molecule has 7 nitrogen and oxygen atoms in total. The largest absolute Gasteiger partial charge is 0.497 e. The molecule has 10 heteroatoms. The first-order valence-electron chi connectivity index (χ1n) is 8.49. The molecule has 0 aliphatic carbocycles. The van der Waals surface area contributed by atoms with Gasteiger partial charge in [0, 0.05) is 11.1 Å². The fourth-order valence-electron chi connectivity index (χ4n) is 3.10. The highest BCUT2D eigenvalue weighted by molar-refractivity contribution is 7.90. The van der Waals surface area contributed by atoms with Gasteiger partial charge >= 0.3 is 0 Å².